The lowest BCUT2D eigenvalue weighted by Gasteiger charge is -2.16. The van der Waals surface area contributed by atoms with E-state index in [1.807, 2.05) is 0 Å². The van der Waals surface area contributed by atoms with Crippen molar-refractivity contribution < 1.29 is 22.5 Å². The number of rotatable bonds is 7. The molecular weight excluding hydrogens is 339 g/mol. The normalized spacial score (nSPS) is 12.8. The van der Waals surface area contributed by atoms with Gasteiger partial charge < -0.3 is 4.74 Å². The molecule has 24 heavy (non-hydrogen) atoms. The van der Waals surface area contributed by atoms with Gasteiger partial charge in [-0.15, -0.1) is 0 Å². The van der Waals surface area contributed by atoms with Crippen LogP contribution in [0.15, 0.2) is 53.4 Å². The van der Waals surface area contributed by atoms with Gasteiger partial charge in [0, 0.05) is 25.8 Å². The molecule has 0 fully saturated rings. The molecule has 1 unspecified atom stereocenters. The van der Waals surface area contributed by atoms with Gasteiger partial charge in [0.15, 0.2) is 0 Å². The highest BCUT2D eigenvalue weighted by Gasteiger charge is 2.19. The largest absolute Gasteiger partial charge is 0.375 e. The molecule has 0 spiro atoms. The number of sulfonamides is 1. The van der Waals surface area contributed by atoms with Gasteiger partial charge in [-0.25, -0.2) is 17.5 Å². The van der Waals surface area contributed by atoms with E-state index in [0.717, 1.165) is 24.3 Å². The maximum absolute atomic E-state index is 13.3. The molecule has 0 radical (unpaired) electrons. The summed E-state index contributed by atoms with van der Waals surface area (Å²) >= 11 is 0. The van der Waals surface area contributed by atoms with Crippen LogP contribution < -0.4 is 4.72 Å². The lowest BCUT2D eigenvalue weighted by Crippen LogP contribution is -2.29. The second-order valence-corrected chi connectivity index (χ2v) is 6.65. The van der Waals surface area contributed by atoms with Gasteiger partial charge in [-0.05, 0) is 29.8 Å². The second kappa shape index (κ2) is 7.47. The minimum absolute atomic E-state index is 0.109. The Kier molecular flexibility index (Phi) is 5.60. The van der Waals surface area contributed by atoms with Crippen LogP contribution >= 0.6 is 0 Å². The summed E-state index contributed by atoms with van der Waals surface area (Å²) in [5, 5.41) is 10.6. The van der Waals surface area contributed by atoms with Crippen LogP contribution in [0.5, 0.6) is 0 Å². The monoisotopic (exact) mass is 354 g/mol. The fraction of sp³-hybridized carbons (Fsp3) is 0.200. The lowest BCUT2D eigenvalue weighted by atomic mass is 10.1. The molecule has 2 aromatic rings. The summed E-state index contributed by atoms with van der Waals surface area (Å²) < 4.78 is 45.2. The minimum atomic E-state index is -3.87. The zero-order valence-electron chi connectivity index (χ0n) is 12.7. The molecule has 0 amide bonds. The summed E-state index contributed by atoms with van der Waals surface area (Å²) in [5.74, 6) is -0.451. The van der Waals surface area contributed by atoms with Crippen molar-refractivity contribution in [2.45, 2.75) is 11.0 Å². The first-order valence-corrected chi connectivity index (χ1v) is 8.34. The lowest BCUT2D eigenvalue weighted by molar-refractivity contribution is -0.384. The third-order valence-electron chi connectivity index (χ3n) is 3.32. The number of ether oxygens (including phenoxy) is 1. The summed E-state index contributed by atoms with van der Waals surface area (Å²) in [6.45, 7) is -0.112. The molecule has 0 aliphatic carbocycles. The van der Waals surface area contributed by atoms with Crippen molar-refractivity contribution in [1.29, 1.82) is 0 Å². The van der Waals surface area contributed by atoms with Gasteiger partial charge in [0.05, 0.1) is 15.9 Å². The molecule has 0 aromatic heterocycles. The maximum Gasteiger partial charge on any atom is 0.269 e. The third-order valence-corrected chi connectivity index (χ3v) is 4.76. The number of nitro benzene ring substituents is 1. The molecule has 0 saturated carbocycles. The van der Waals surface area contributed by atoms with E-state index in [-0.39, 0.29) is 17.1 Å². The van der Waals surface area contributed by atoms with E-state index < -0.39 is 26.9 Å². The van der Waals surface area contributed by atoms with Gasteiger partial charge in [-0.3, -0.25) is 10.1 Å². The first kappa shape index (κ1) is 18.0. The quantitative estimate of drug-likeness (QED) is 0.608. The van der Waals surface area contributed by atoms with Crippen molar-refractivity contribution in [2.75, 3.05) is 13.7 Å². The fourth-order valence-electron chi connectivity index (χ4n) is 2.06. The van der Waals surface area contributed by atoms with Crippen molar-refractivity contribution in [1.82, 2.24) is 4.72 Å². The van der Waals surface area contributed by atoms with Crippen LogP contribution in [0.2, 0.25) is 0 Å². The third kappa shape index (κ3) is 4.34. The Hall–Kier alpha value is -2.36. The SMILES string of the molecule is COC(CNS(=O)(=O)c1ccc([N+](=O)[O-])cc1)c1cccc(F)c1. The molecular formula is C15H15FN2O5S. The minimum Gasteiger partial charge on any atom is -0.375 e. The molecule has 2 aromatic carbocycles. The molecule has 0 saturated heterocycles. The number of hydrogen-bond acceptors (Lipinski definition) is 5. The standard InChI is InChI=1S/C15H15FN2O5S/c1-23-15(11-3-2-4-12(16)9-11)10-17-24(21,22)14-7-5-13(6-8-14)18(19)20/h2-9,15,17H,10H2,1H3. The number of nitro groups is 1. The van der Waals surface area contributed by atoms with Crippen molar-refractivity contribution in [3.05, 3.63) is 70.0 Å². The van der Waals surface area contributed by atoms with Crippen LogP contribution in [0, 0.1) is 15.9 Å². The van der Waals surface area contributed by atoms with Crippen LogP contribution in [0.3, 0.4) is 0 Å². The molecule has 0 heterocycles. The summed E-state index contributed by atoms with van der Waals surface area (Å²) in [5.41, 5.74) is 0.285. The Labute approximate surface area is 138 Å². The zero-order valence-corrected chi connectivity index (χ0v) is 13.5. The molecule has 0 aliphatic heterocycles. The first-order chi connectivity index (χ1) is 11.3. The van der Waals surface area contributed by atoms with Crippen molar-refractivity contribution in [3.8, 4) is 0 Å². The van der Waals surface area contributed by atoms with Crippen molar-refractivity contribution in [2.24, 2.45) is 0 Å². The second-order valence-electron chi connectivity index (χ2n) is 4.88. The van der Waals surface area contributed by atoms with Crippen LogP contribution in [0.1, 0.15) is 11.7 Å². The van der Waals surface area contributed by atoms with E-state index in [9.17, 15) is 22.9 Å². The highest BCUT2D eigenvalue weighted by atomic mass is 32.2. The Bertz CT molecular complexity index is 824. The molecule has 1 atom stereocenters. The number of halogens is 1. The van der Waals surface area contributed by atoms with Crippen molar-refractivity contribution in [3.63, 3.8) is 0 Å². The smallest absolute Gasteiger partial charge is 0.269 e. The number of non-ortho nitro benzene ring substituents is 1. The van der Waals surface area contributed by atoms with Gasteiger partial charge in [-0.2, -0.15) is 0 Å². The van der Waals surface area contributed by atoms with E-state index in [1.165, 1.54) is 25.3 Å². The molecule has 0 aliphatic rings. The molecule has 128 valence electrons. The van der Waals surface area contributed by atoms with E-state index in [2.05, 4.69) is 4.72 Å². The van der Waals surface area contributed by atoms with Crippen LogP contribution in [0.4, 0.5) is 10.1 Å². The highest BCUT2D eigenvalue weighted by Crippen LogP contribution is 2.19. The summed E-state index contributed by atoms with van der Waals surface area (Å²) in [6.07, 6.45) is -0.673. The summed E-state index contributed by atoms with van der Waals surface area (Å²) in [6, 6.07) is 10.2. The first-order valence-electron chi connectivity index (χ1n) is 6.86. The van der Waals surface area contributed by atoms with Gasteiger partial charge >= 0.3 is 0 Å². The van der Waals surface area contributed by atoms with Gasteiger partial charge in [0.25, 0.3) is 5.69 Å². The number of benzene rings is 2. The van der Waals surface area contributed by atoms with Crippen molar-refractivity contribution >= 4 is 15.7 Å². The van der Waals surface area contributed by atoms with E-state index in [4.69, 9.17) is 4.74 Å². The van der Waals surface area contributed by atoms with Crippen LogP contribution in [-0.2, 0) is 14.8 Å². The van der Waals surface area contributed by atoms with Gasteiger partial charge in [0.2, 0.25) is 10.0 Å². The topological polar surface area (TPSA) is 98.5 Å². The predicted octanol–water partition coefficient (Wildman–Crippen LogP) is 2.40. The Morgan fingerprint density at radius 3 is 2.46 bits per heavy atom. The number of nitrogens with one attached hydrogen (secondary N) is 1. The maximum atomic E-state index is 13.3. The van der Waals surface area contributed by atoms with Gasteiger partial charge in [0.1, 0.15) is 5.82 Å². The number of nitrogens with zero attached hydrogens (tertiary/aromatic N) is 1. The zero-order chi connectivity index (χ0) is 17.7. The molecule has 7 nitrogen and oxygen atoms in total. The number of hydrogen-bond donors (Lipinski definition) is 1. The molecule has 1 N–H and O–H groups in total. The van der Waals surface area contributed by atoms with Gasteiger partial charge in [-0.1, -0.05) is 12.1 Å². The average molecular weight is 354 g/mol. The summed E-state index contributed by atoms with van der Waals surface area (Å²) in [4.78, 5) is 9.87. The fourth-order valence-corrected chi connectivity index (χ4v) is 3.09. The van der Waals surface area contributed by atoms with Crippen LogP contribution in [-0.4, -0.2) is 27.0 Å². The Balaban J connectivity index is 2.12. The average Bonchev–Trinajstić information content (AvgIpc) is 2.55. The Morgan fingerprint density at radius 2 is 1.92 bits per heavy atom. The molecule has 9 heteroatoms. The molecule has 0 bridgehead atoms. The van der Waals surface area contributed by atoms with E-state index >= 15 is 0 Å². The van der Waals surface area contributed by atoms with E-state index in [0.29, 0.717) is 5.56 Å². The Morgan fingerprint density at radius 1 is 1.25 bits per heavy atom. The highest BCUT2D eigenvalue weighted by molar-refractivity contribution is 7.89. The number of methoxy groups -OCH3 is 1. The molecule has 2 rings (SSSR count). The van der Waals surface area contributed by atoms with E-state index in [1.54, 1.807) is 6.07 Å². The predicted molar refractivity (Wildman–Crippen MR) is 84.4 cm³/mol. The summed E-state index contributed by atoms with van der Waals surface area (Å²) in [7, 11) is -2.49. The van der Waals surface area contributed by atoms with Crippen LogP contribution in [0.25, 0.3) is 0 Å².